The lowest BCUT2D eigenvalue weighted by atomic mass is 9.88. The number of carbonyl (C=O) groups is 1. The maximum Gasteiger partial charge on any atom is 0.455 e. The van der Waals surface area contributed by atoms with Gasteiger partial charge in [-0.05, 0) is 12.5 Å². The molecule has 1 aromatic carbocycles. The second-order valence-corrected chi connectivity index (χ2v) is 4.81. The summed E-state index contributed by atoms with van der Waals surface area (Å²) in [4.78, 5) is 10.7. The molecule has 118 valence electrons. The zero-order valence-electron chi connectivity index (χ0n) is 11.0. The molecule has 1 unspecified atom stereocenters. The summed E-state index contributed by atoms with van der Waals surface area (Å²) in [5, 5.41) is 10.7. The number of hydrogen-bond acceptors (Lipinski definition) is 2. The fraction of sp³-hybridized carbons (Fsp3) is 0.462. The molecule has 0 radical (unpaired) electrons. The second kappa shape index (κ2) is 5.97. The second-order valence-electron chi connectivity index (χ2n) is 4.81. The summed E-state index contributed by atoms with van der Waals surface area (Å²) in [6.45, 7) is 0.244. The Bertz CT molecular complexity index is 489. The van der Waals surface area contributed by atoms with Gasteiger partial charge in [-0.15, -0.1) is 0 Å². The minimum atomic E-state index is -5.85. The van der Waals surface area contributed by atoms with Gasteiger partial charge in [-0.1, -0.05) is 30.3 Å². The van der Waals surface area contributed by atoms with Crippen LogP contribution in [0.5, 0.6) is 0 Å². The Morgan fingerprint density at radius 3 is 2.10 bits per heavy atom. The van der Waals surface area contributed by atoms with Crippen LogP contribution in [0.1, 0.15) is 18.9 Å². The summed E-state index contributed by atoms with van der Waals surface area (Å²) in [6.07, 6.45) is -7.22. The molecular formula is C13H14F5NO2. The van der Waals surface area contributed by atoms with E-state index in [-0.39, 0.29) is 6.54 Å². The SMILES string of the molecule is CC(CC(=O)O)(NCc1ccccc1)C(F)(F)C(F)(F)F. The monoisotopic (exact) mass is 311 g/mol. The molecule has 21 heavy (non-hydrogen) atoms. The summed E-state index contributed by atoms with van der Waals surface area (Å²) in [6, 6.07) is 7.89. The molecule has 0 heterocycles. The van der Waals surface area contributed by atoms with Crippen molar-refractivity contribution in [1.82, 2.24) is 5.32 Å². The van der Waals surface area contributed by atoms with Crippen molar-refractivity contribution in [2.75, 3.05) is 0 Å². The van der Waals surface area contributed by atoms with Crippen molar-refractivity contribution in [2.24, 2.45) is 0 Å². The highest BCUT2D eigenvalue weighted by molar-refractivity contribution is 5.68. The number of nitrogens with one attached hydrogen (secondary N) is 1. The number of halogens is 5. The van der Waals surface area contributed by atoms with E-state index in [1.54, 1.807) is 18.2 Å². The fourth-order valence-corrected chi connectivity index (χ4v) is 1.79. The number of carboxylic acid groups (broad SMARTS) is 1. The highest BCUT2D eigenvalue weighted by Crippen LogP contribution is 2.45. The molecule has 3 nitrogen and oxygen atoms in total. The van der Waals surface area contributed by atoms with Crippen LogP contribution in [0.2, 0.25) is 0 Å². The smallest absolute Gasteiger partial charge is 0.455 e. The van der Waals surface area contributed by atoms with Crippen LogP contribution in [0.15, 0.2) is 30.3 Å². The lowest BCUT2D eigenvalue weighted by molar-refractivity contribution is -0.310. The number of aliphatic carboxylic acids is 1. The van der Waals surface area contributed by atoms with Gasteiger partial charge in [-0.2, -0.15) is 22.0 Å². The predicted molar refractivity (Wildman–Crippen MR) is 64.9 cm³/mol. The largest absolute Gasteiger partial charge is 0.481 e. The molecule has 0 aliphatic rings. The first-order valence-corrected chi connectivity index (χ1v) is 5.95. The van der Waals surface area contributed by atoms with Gasteiger partial charge < -0.3 is 10.4 Å². The fourth-order valence-electron chi connectivity index (χ4n) is 1.79. The van der Waals surface area contributed by atoms with Gasteiger partial charge in [0.1, 0.15) is 0 Å². The number of carboxylic acids is 1. The topological polar surface area (TPSA) is 49.3 Å². The Morgan fingerprint density at radius 2 is 1.67 bits per heavy atom. The molecule has 1 rings (SSSR count). The number of rotatable bonds is 6. The average Bonchev–Trinajstić information content (AvgIpc) is 2.35. The van der Waals surface area contributed by atoms with E-state index < -0.39 is 30.0 Å². The minimum Gasteiger partial charge on any atom is -0.481 e. The Hall–Kier alpha value is -1.70. The molecule has 0 saturated heterocycles. The molecule has 0 aromatic heterocycles. The molecule has 0 saturated carbocycles. The molecule has 0 aliphatic carbocycles. The third kappa shape index (κ3) is 3.90. The van der Waals surface area contributed by atoms with Crippen LogP contribution in [0.3, 0.4) is 0 Å². The number of alkyl halides is 5. The van der Waals surface area contributed by atoms with E-state index in [2.05, 4.69) is 0 Å². The van der Waals surface area contributed by atoms with Gasteiger partial charge in [0.05, 0.1) is 12.0 Å². The zero-order valence-corrected chi connectivity index (χ0v) is 11.0. The first-order chi connectivity index (χ1) is 9.49. The Morgan fingerprint density at radius 1 is 1.14 bits per heavy atom. The number of hydrogen-bond donors (Lipinski definition) is 2. The van der Waals surface area contributed by atoms with Gasteiger partial charge >= 0.3 is 18.1 Å². The van der Waals surface area contributed by atoms with Crippen molar-refractivity contribution in [1.29, 1.82) is 0 Å². The standard InChI is InChI=1S/C13H14F5NO2/c1-11(7-10(20)21,12(14,15)13(16,17)18)19-8-9-5-3-2-4-6-9/h2-6,19H,7-8H2,1H3,(H,20,21). The summed E-state index contributed by atoms with van der Waals surface area (Å²) in [7, 11) is 0. The third-order valence-electron chi connectivity index (χ3n) is 3.08. The van der Waals surface area contributed by atoms with Crippen molar-refractivity contribution >= 4 is 5.97 Å². The van der Waals surface area contributed by atoms with Crippen molar-refractivity contribution < 1.29 is 31.9 Å². The number of benzene rings is 1. The average molecular weight is 311 g/mol. The van der Waals surface area contributed by atoms with Crippen LogP contribution in [0, 0.1) is 0 Å². The van der Waals surface area contributed by atoms with E-state index in [0.29, 0.717) is 12.5 Å². The summed E-state index contributed by atoms with van der Waals surface area (Å²) in [5.74, 6) is -6.94. The normalized spacial score (nSPS) is 15.5. The van der Waals surface area contributed by atoms with Crippen molar-refractivity contribution in [3.05, 3.63) is 35.9 Å². The van der Waals surface area contributed by atoms with E-state index >= 15 is 0 Å². The molecule has 0 spiro atoms. The molecule has 0 aliphatic heterocycles. The van der Waals surface area contributed by atoms with Gasteiger partial charge in [-0.25, -0.2) is 0 Å². The summed E-state index contributed by atoms with van der Waals surface area (Å²) < 4.78 is 64.7. The summed E-state index contributed by atoms with van der Waals surface area (Å²) in [5.41, 5.74) is -2.49. The van der Waals surface area contributed by atoms with Crippen LogP contribution in [0.4, 0.5) is 22.0 Å². The van der Waals surface area contributed by atoms with E-state index in [0.717, 1.165) is 0 Å². The molecule has 1 aromatic rings. The van der Waals surface area contributed by atoms with Gasteiger partial charge in [-0.3, -0.25) is 4.79 Å². The quantitative estimate of drug-likeness (QED) is 0.793. The van der Waals surface area contributed by atoms with Gasteiger partial charge in [0.2, 0.25) is 0 Å². The molecule has 2 N–H and O–H groups in total. The van der Waals surface area contributed by atoms with Crippen LogP contribution < -0.4 is 5.32 Å². The molecular weight excluding hydrogens is 297 g/mol. The van der Waals surface area contributed by atoms with E-state index in [4.69, 9.17) is 5.11 Å². The maximum atomic E-state index is 13.6. The Kier molecular flexibility index (Phi) is 4.93. The predicted octanol–water partition coefficient (Wildman–Crippen LogP) is 3.21. The molecule has 0 bridgehead atoms. The Balaban J connectivity index is 3.01. The van der Waals surface area contributed by atoms with Gasteiger partial charge in [0.25, 0.3) is 0 Å². The lowest BCUT2D eigenvalue weighted by Crippen LogP contribution is -2.63. The highest BCUT2D eigenvalue weighted by Gasteiger charge is 2.68. The zero-order chi connectivity index (χ0) is 16.3. The van der Waals surface area contributed by atoms with Crippen molar-refractivity contribution in [3.63, 3.8) is 0 Å². The molecule has 0 fully saturated rings. The first kappa shape index (κ1) is 17.4. The maximum absolute atomic E-state index is 13.6. The Labute approximate surface area is 117 Å². The van der Waals surface area contributed by atoms with Crippen LogP contribution in [0.25, 0.3) is 0 Å². The molecule has 8 heteroatoms. The highest BCUT2D eigenvalue weighted by atomic mass is 19.4. The third-order valence-corrected chi connectivity index (χ3v) is 3.08. The van der Waals surface area contributed by atoms with Crippen LogP contribution >= 0.6 is 0 Å². The first-order valence-electron chi connectivity index (χ1n) is 5.95. The van der Waals surface area contributed by atoms with Crippen LogP contribution in [-0.2, 0) is 11.3 Å². The van der Waals surface area contributed by atoms with Gasteiger partial charge in [0, 0.05) is 6.54 Å². The van der Waals surface area contributed by atoms with Crippen molar-refractivity contribution in [2.45, 2.75) is 37.5 Å². The van der Waals surface area contributed by atoms with Gasteiger partial charge in [0.15, 0.2) is 0 Å². The summed E-state index contributed by atoms with van der Waals surface area (Å²) >= 11 is 0. The lowest BCUT2D eigenvalue weighted by Gasteiger charge is -2.38. The van der Waals surface area contributed by atoms with E-state index in [1.165, 1.54) is 12.1 Å². The molecule has 0 amide bonds. The van der Waals surface area contributed by atoms with E-state index in [9.17, 15) is 26.7 Å². The van der Waals surface area contributed by atoms with E-state index in [1.807, 2.05) is 5.32 Å². The van der Waals surface area contributed by atoms with Crippen molar-refractivity contribution in [3.8, 4) is 0 Å². The van der Waals surface area contributed by atoms with Crippen LogP contribution in [-0.4, -0.2) is 28.7 Å². The minimum absolute atomic E-state index is 0.309. The molecule has 1 atom stereocenters.